The summed E-state index contributed by atoms with van der Waals surface area (Å²) in [6.07, 6.45) is 6.05. The van der Waals surface area contributed by atoms with Crippen LogP contribution in [-0.4, -0.2) is 28.3 Å². The molecule has 2 aromatic rings. The Morgan fingerprint density at radius 1 is 1.35 bits per heavy atom. The molecule has 5 heteroatoms. The van der Waals surface area contributed by atoms with E-state index in [0.29, 0.717) is 19.1 Å². The first-order valence-electron chi connectivity index (χ1n) is 6.89. The fourth-order valence-corrected chi connectivity index (χ4v) is 2.06. The molecule has 2 N–H and O–H groups in total. The number of rotatable bonds is 6. The summed E-state index contributed by atoms with van der Waals surface area (Å²) in [6.45, 7) is 1.09. The molecule has 1 aromatic carbocycles. The highest BCUT2D eigenvalue weighted by atomic mass is 16.1. The molecule has 1 saturated carbocycles. The van der Waals surface area contributed by atoms with Gasteiger partial charge in [-0.05, 0) is 36.6 Å². The van der Waals surface area contributed by atoms with Crippen LogP contribution in [0.5, 0.6) is 0 Å². The van der Waals surface area contributed by atoms with Crippen molar-refractivity contribution in [3.8, 4) is 0 Å². The third-order valence-electron chi connectivity index (χ3n) is 3.24. The number of carbonyl (C=O) groups is 1. The van der Waals surface area contributed by atoms with E-state index in [2.05, 4.69) is 15.7 Å². The van der Waals surface area contributed by atoms with Gasteiger partial charge in [-0.25, -0.2) is 0 Å². The topological polar surface area (TPSA) is 59.0 Å². The summed E-state index contributed by atoms with van der Waals surface area (Å²) in [5.41, 5.74) is 1.94. The highest BCUT2D eigenvalue weighted by Gasteiger charge is 2.21. The molecule has 3 rings (SSSR count). The van der Waals surface area contributed by atoms with Crippen LogP contribution in [0.3, 0.4) is 0 Å². The van der Waals surface area contributed by atoms with Crippen LogP contribution in [0.25, 0.3) is 0 Å². The third-order valence-corrected chi connectivity index (χ3v) is 3.24. The molecule has 0 bridgehead atoms. The standard InChI is InChI=1S/C15H18N4O/c20-15(10-16-13-5-6-13)18-14-4-1-3-12(9-14)11-19-8-2-7-17-19/h1-4,7-9,13,16H,5-6,10-11H2,(H,18,20). The Morgan fingerprint density at radius 3 is 3.00 bits per heavy atom. The van der Waals surface area contributed by atoms with Crippen LogP contribution in [0.15, 0.2) is 42.7 Å². The molecular weight excluding hydrogens is 252 g/mol. The average Bonchev–Trinajstić information content (AvgIpc) is 3.14. The van der Waals surface area contributed by atoms with Crippen molar-refractivity contribution in [2.75, 3.05) is 11.9 Å². The second-order valence-electron chi connectivity index (χ2n) is 5.11. The molecule has 0 saturated heterocycles. The summed E-state index contributed by atoms with van der Waals surface area (Å²) < 4.78 is 1.86. The molecule has 1 aromatic heterocycles. The molecule has 104 valence electrons. The molecule has 0 aliphatic heterocycles. The minimum Gasteiger partial charge on any atom is -0.325 e. The van der Waals surface area contributed by atoms with Gasteiger partial charge in [-0.3, -0.25) is 9.48 Å². The van der Waals surface area contributed by atoms with E-state index in [1.165, 1.54) is 12.8 Å². The van der Waals surface area contributed by atoms with E-state index in [4.69, 9.17) is 0 Å². The van der Waals surface area contributed by atoms with Gasteiger partial charge >= 0.3 is 0 Å². The van der Waals surface area contributed by atoms with Gasteiger partial charge in [0.15, 0.2) is 0 Å². The van der Waals surface area contributed by atoms with Crippen molar-refractivity contribution >= 4 is 11.6 Å². The first-order valence-corrected chi connectivity index (χ1v) is 6.89. The number of hydrogen-bond donors (Lipinski definition) is 2. The summed E-state index contributed by atoms with van der Waals surface area (Å²) in [5, 5.41) is 10.3. The lowest BCUT2D eigenvalue weighted by Crippen LogP contribution is -2.29. The second kappa shape index (κ2) is 5.88. The van der Waals surface area contributed by atoms with Crippen LogP contribution in [0.2, 0.25) is 0 Å². The Labute approximate surface area is 118 Å². The van der Waals surface area contributed by atoms with Gasteiger partial charge in [-0.15, -0.1) is 0 Å². The van der Waals surface area contributed by atoms with Crippen molar-refractivity contribution in [2.45, 2.75) is 25.4 Å². The van der Waals surface area contributed by atoms with Crippen LogP contribution in [0.4, 0.5) is 5.69 Å². The predicted octanol–water partition coefficient (Wildman–Crippen LogP) is 1.62. The van der Waals surface area contributed by atoms with E-state index >= 15 is 0 Å². The van der Waals surface area contributed by atoms with Gasteiger partial charge in [0.25, 0.3) is 0 Å². The van der Waals surface area contributed by atoms with Gasteiger partial charge in [0.2, 0.25) is 5.91 Å². The highest BCUT2D eigenvalue weighted by molar-refractivity contribution is 5.92. The van der Waals surface area contributed by atoms with E-state index in [0.717, 1.165) is 11.3 Å². The lowest BCUT2D eigenvalue weighted by molar-refractivity contribution is -0.115. The Morgan fingerprint density at radius 2 is 2.25 bits per heavy atom. The number of nitrogens with zero attached hydrogens (tertiary/aromatic N) is 2. The van der Waals surface area contributed by atoms with Crippen LogP contribution < -0.4 is 10.6 Å². The fourth-order valence-electron chi connectivity index (χ4n) is 2.06. The zero-order valence-corrected chi connectivity index (χ0v) is 11.2. The second-order valence-corrected chi connectivity index (χ2v) is 5.11. The number of benzene rings is 1. The minimum absolute atomic E-state index is 0.00754. The summed E-state index contributed by atoms with van der Waals surface area (Å²) in [5.74, 6) is 0.00754. The molecule has 1 aliphatic rings. The van der Waals surface area contributed by atoms with E-state index in [-0.39, 0.29) is 5.91 Å². The smallest absolute Gasteiger partial charge is 0.238 e. The predicted molar refractivity (Wildman–Crippen MR) is 77.4 cm³/mol. The number of anilines is 1. The number of hydrogen-bond acceptors (Lipinski definition) is 3. The molecule has 1 aliphatic carbocycles. The first-order chi connectivity index (χ1) is 9.79. The van der Waals surface area contributed by atoms with Gasteiger partial charge in [0, 0.05) is 24.1 Å². The Kier molecular flexibility index (Phi) is 3.78. The lowest BCUT2D eigenvalue weighted by atomic mass is 10.2. The fraction of sp³-hybridized carbons (Fsp3) is 0.333. The van der Waals surface area contributed by atoms with E-state index in [9.17, 15) is 4.79 Å². The van der Waals surface area contributed by atoms with Gasteiger partial charge in [-0.1, -0.05) is 12.1 Å². The SMILES string of the molecule is O=C(CNC1CC1)Nc1cccc(Cn2cccn2)c1. The molecule has 5 nitrogen and oxygen atoms in total. The van der Waals surface area contributed by atoms with Gasteiger partial charge in [0.05, 0.1) is 13.1 Å². The number of amides is 1. The largest absolute Gasteiger partial charge is 0.325 e. The highest BCUT2D eigenvalue weighted by Crippen LogP contribution is 2.18. The average molecular weight is 270 g/mol. The summed E-state index contributed by atoms with van der Waals surface area (Å²) >= 11 is 0. The van der Waals surface area contributed by atoms with Crippen molar-refractivity contribution < 1.29 is 4.79 Å². The molecule has 1 heterocycles. The molecule has 20 heavy (non-hydrogen) atoms. The summed E-state index contributed by atoms with van der Waals surface area (Å²) in [7, 11) is 0. The van der Waals surface area contributed by atoms with E-state index < -0.39 is 0 Å². The zero-order valence-electron chi connectivity index (χ0n) is 11.2. The normalized spacial score (nSPS) is 14.2. The first kappa shape index (κ1) is 12.9. The van der Waals surface area contributed by atoms with Crippen LogP contribution in [0, 0.1) is 0 Å². The summed E-state index contributed by atoms with van der Waals surface area (Å²) in [4.78, 5) is 11.8. The molecule has 0 unspecified atom stereocenters. The monoisotopic (exact) mass is 270 g/mol. The Bertz CT molecular complexity index is 575. The molecule has 1 amide bonds. The Hall–Kier alpha value is -2.14. The molecule has 0 radical (unpaired) electrons. The Balaban J connectivity index is 1.57. The van der Waals surface area contributed by atoms with Crippen molar-refractivity contribution in [2.24, 2.45) is 0 Å². The summed E-state index contributed by atoms with van der Waals surface area (Å²) in [6, 6.07) is 10.3. The molecule has 0 atom stereocenters. The number of carbonyl (C=O) groups excluding carboxylic acids is 1. The molecule has 1 fully saturated rings. The maximum atomic E-state index is 11.8. The minimum atomic E-state index is 0.00754. The molecule has 0 spiro atoms. The van der Waals surface area contributed by atoms with Crippen molar-refractivity contribution in [3.63, 3.8) is 0 Å². The lowest BCUT2D eigenvalue weighted by Gasteiger charge is -2.08. The maximum absolute atomic E-state index is 11.8. The van der Waals surface area contributed by atoms with Crippen molar-refractivity contribution in [1.82, 2.24) is 15.1 Å². The van der Waals surface area contributed by atoms with Crippen LogP contribution >= 0.6 is 0 Å². The van der Waals surface area contributed by atoms with Gasteiger partial charge in [-0.2, -0.15) is 5.10 Å². The maximum Gasteiger partial charge on any atom is 0.238 e. The zero-order chi connectivity index (χ0) is 13.8. The number of nitrogens with one attached hydrogen (secondary N) is 2. The van der Waals surface area contributed by atoms with E-state index in [1.807, 2.05) is 41.2 Å². The molecular formula is C15H18N4O. The van der Waals surface area contributed by atoms with E-state index in [1.54, 1.807) is 6.20 Å². The third kappa shape index (κ3) is 3.68. The van der Waals surface area contributed by atoms with Crippen molar-refractivity contribution in [3.05, 3.63) is 48.3 Å². The number of aromatic nitrogens is 2. The van der Waals surface area contributed by atoms with Gasteiger partial charge < -0.3 is 10.6 Å². The van der Waals surface area contributed by atoms with Gasteiger partial charge in [0.1, 0.15) is 0 Å². The van der Waals surface area contributed by atoms with Crippen molar-refractivity contribution in [1.29, 1.82) is 0 Å². The van der Waals surface area contributed by atoms with Crippen LogP contribution in [-0.2, 0) is 11.3 Å². The van der Waals surface area contributed by atoms with Crippen LogP contribution in [0.1, 0.15) is 18.4 Å². The quantitative estimate of drug-likeness (QED) is 0.838.